The zero-order valence-corrected chi connectivity index (χ0v) is 10.3. The van der Waals surface area contributed by atoms with E-state index in [0.29, 0.717) is 0 Å². The second-order valence-corrected chi connectivity index (χ2v) is 5.28. The van der Waals surface area contributed by atoms with Crippen LogP contribution in [0.15, 0.2) is 29.4 Å². The van der Waals surface area contributed by atoms with Gasteiger partial charge in [-0.05, 0) is 18.2 Å². The molecule has 1 aromatic heterocycles. The first-order chi connectivity index (χ1) is 8.53. The van der Waals surface area contributed by atoms with E-state index in [0.717, 1.165) is 0 Å². The van der Waals surface area contributed by atoms with Gasteiger partial charge in [-0.25, -0.2) is 18.2 Å². The van der Waals surface area contributed by atoms with Crippen LogP contribution in [0.5, 0.6) is 0 Å². The van der Waals surface area contributed by atoms with Crippen LogP contribution in [-0.2, 0) is 10.0 Å². The van der Waals surface area contributed by atoms with Gasteiger partial charge in [0.25, 0.3) is 10.0 Å². The number of sulfonamides is 1. The van der Waals surface area contributed by atoms with Crippen LogP contribution < -0.4 is 4.72 Å². The van der Waals surface area contributed by atoms with E-state index in [4.69, 9.17) is 16.9 Å². The standard InChI is InChI=1S/C9H6ClN5O2S/c10-8-3-7(2-1-6(8)4-11)18(16,17)15-9-12-5-13-14-9/h1-3,5H,(H2,12,13,14,15). The lowest BCUT2D eigenvalue weighted by molar-refractivity contribution is 0.601. The third-order valence-corrected chi connectivity index (χ3v) is 3.67. The highest BCUT2D eigenvalue weighted by atomic mass is 35.5. The predicted octanol–water partition coefficient (Wildman–Crippen LogP) is 1.13. The molecule has 0 fully saturated rings. The molecule has 2 N–H and O–H groups in total. The summed E-state index contributed by atoms with van der Waals surface area (Å²) in [6.45, 7) is 0. The topological polar surface area (TPSA) is 112 Å². The van der Waals surface area contributed by atoms with Crippen molar-refractivity contribution in [2.45, 2.75) is 4.90 Å². The van der Waals surface area contributed by atoms with Crippen molar-refractivity contribution in [1.82, 2.24) is 15.2 Å². The van der Waals surface area contributed by atoms with Gasteiger partial charge >= 0.3 is 0 Å². The maximum atomic E-state index is 11.9. The molecule has 0 aliphatic carbocycles. The van der Waals surface area contributed by atoms with E-state index in [1.165, 1.54) is 24.5 Å². The van der Waals surface area contributed by atoms with E-state index in [1.54, 1.807) is 0 Å². The highest BCUT2D eigenvalue weighted by molar-refractivity contribution is 7.92. The van der Waals surface area contributed by atoms with Gasteiger partial charge in [-0.2, -0.15) is 15.3 Å². The molecule has 0 unspecified atom stereocenters. The van der Waals surface area contributed by atoms with Crippen molar-refractivity contribution >= 4 is 27.6 Å². The molecule has 2 rings (SSSR count). The molecule has 9 heteroatoms. The lowest BCUT2D eigenvalue weighted by Crippen LogP contribution is -2.14. The fourth-order valence-electron chi connectivity index (χ4n) is 1.19. The Bertz CT molecular complexity index is 705. The molecule has 0 spiro atoms. The number of halogens is 1. The summed E-state index contributed by atoms with van der Waals surface area (Å²) in [4.78, 5) is 3.57. The Morgan fingerprint density at radius 1 is 1.44 bits per heavy atom. The number of aromatic nitrogens is 3. The van der Waals surface area contributed by atoms with E-state index in [9.17, 15) is 8.42 Å². The number of anilines is 1. The number of nitrogens with one attached hydrogen (secondary N) is 2. The Hall–Kier alpha value is -2.11. The van der Waals surface area contributed by atoms with Crippen molar-refractivity contribution < 1.29 is 8.42 Å². The van der Waals surface area contributed by atoms with Crippen LogP contribution in [-0.4, -0.2) is 23.6 Å². The molecular formula is C9H6ClN5O2S. The average molecular weight is 284 g/mol. The van der Waals surface area contributed by atoms with Crippen LogP contribution in [0.4, 0.5) is 5.95 Å². The molecule has 0 amide bonds. The molecule has 2 aromatic rings. The van der Waals surface area contributed by atoms with Crippen molar-refractivity contribution in [1.29, 1.82) is 5.26 Å². The van der Waals surface area contributed by atoms with Gasteiger partial charge in [0.1, 0.15) is 12.4 Å². The number of hydrogen-bond donors (Lipinski definition) is 2. The summed E-state index contributed by atoms with van der Waals surface area (Å²) >= 11 is 5.77. The number of aromatic amines is 1. The van der Waals surface area contributed by atoms with Crippen molar-refractivity contribution in [3.8, 4) is 6.07 Å². The van der Waals surface area contributed by atoms with Crippen molar-refractivity contribution in [2.24, 2.45) is 0 Å². The molecule has 1 heterocycles. The SMILES string of the molecule is N#Cc1ccc(S(=O)(=O)Nc2ncn[nH]2)cc1Cl. The lowest BCUT2D eigenvalue weighted by Gasteiger charge is -2.05. The van der Waals surface area contributed by atoms with Gasteiger partial charge in [0, 0.05) is 0 Å². The summed E-state index contributed by atoms with van der Waals surface area (Å²) in [5.74, 6) is -0.00418. The van der Waals surface area contributed by atoms with Crippen LogP contribution in [0, 0.1) is 11.3 Å². The van der Waals surface area contributed by atoms with Gasteiger partial charge in [-0.1, -0.05) is 11.6 Å². The van der Waals surface area contributed by atoms with E-state index < -0.39 is 10.0 Å². The number of H-pyrrole nitrogens is 1. The second kappa shape index (κ2) is 4.64. The Balaban J connectivity index is 2.36. The molecule has 0 saturated carbocycles. The Labute approximate surface area is 107 Å². The molecular weight excluding hydrogens is 278 g/mol. The molecule has 0 aliphatic heterocycles. The van der Waals surface area contributed by atoms with Gasteiger partial charge in [0.2, 0.25) is 5.95 Å². The van der Waals surface area contributed by atoms with Gasteiger partial charge in [-0.15, -0.1) is 0 Å². The predicted molar refractivity (Wildman–Crippen MR) is 63.4 cm³/mol. The molecule has 0 radical (unpaired) electrons. The zero-order chi connectivity index (χ0) is 13.2. The Morgan fingerprint density at radius 2 is 2.22 bits per heavy atom. The van der Waals surface area contributed by atoms with Crippen molar-refractivity contribution in [3.63, 3.8) is 0 Å². The van der Waals surface area contributed by atoms with Crippen molar-refractivity contribution in [3.05, 3.63) is 35.1 Å². The van der Waals surface area contributed by atoms with Gasteiger partial charge in [-0.3, -0.25) is 0 Å². The number of hydrogen-bond acceptors (Lipinski definition) is 5. The van der Waals surface area contributed by atoms with Crippen LogP contribution >= 0.6 is 11.6 Å². The van der Waals surface area contributed by atoms with Crippen LogP contribution in [0.3, 0.4) is 0 Å². The second-order valence-electron chi connectivity index (χ2n) is 3.19. The molecule has 7 nitrogen and oxygen atoms in total. The normalized spacial score (nSPS) is 10.9. The Kier molecular flexibility index (Phi) is 3.18. The molecule has 18 heavy (non-hydrogen) atoms. The highest BCUT2D eigenvalue weighted by Gasteiger charge is 2.17. The summed E-state index contributed by atoms with van der Waals surface area (Å²) in [6.07, 6.45) is 1.17. The summed E-state index contributed by atoms with van der Waals surface area (Å²) in [5, 5.41) is 14.6. The number of nitrogens with zero attached hydrogens (tertiary/aromatic N) is 3. The van der Waals surface area contributed by atoms with Gasteiger partial charge < -0.3 is 0 Å². The number of rotatable bonds is 3. The van der Waals surface area contributed by atoms with Crippen LogP contribution in [0.1, 0.15) is 5.56 Å². The summed E-state index contributed by atoms with van der Waals surface area (Å²) in [7, 11) is -3.81. The number of benzene rings is 1. The summed E-state index contributed by atoms with van der Waals surface area (Å²) in [5.41, 5.74) is 0.204. The molecule has 0 bridgehead atoms. The first-order valence-electron chi connectivity index (χ1n) is 4.61. The maximum Gasteiger partial charge on any atom is 0.264 e. The third-order valence-electron chi connectivity index (χ3n) is 2.02. The van der Waals surface area contributed by atoms with Gasteiger partial charge in [0.05, 0.1) is 15.5 Å². The quantitative estimate of drug-likeness (QED) is 0.877. The van der Waals surface area contributed by atoms with E-state index >= 15 is 0 Å². The number of nitriles is 1. The van der Waals surface area contributed by atoms with E-state index in [2.05, 4.69) is 19.9 Å². The monoisotopic (exact) mass is 283 g/mol. The zero-order valence-electron chi connectivity index (χ0n) is 8.75. The lowest BCUT2D eigenvalue weighted by atomic mass is 10.2. The summed E-state index contributed by atoms with van der Waals surface area (Å²) in [6, 6.07) is 5.65. The minimum absolute atomic E-state index is 0.00418. The first kappa shape index (κ1) is 12.3. The molecule has 0 saturated heterocycles. The fraction of sp³-hybridized carbons (Fsp3) is 0. The smallest absolute Gasteiger partial charge is 0.248 e. The minimum atomic E-state index is -3.81. The van der Waals surface area contributed by atoms with Crippen LogP contribution in [0.25, 0.3) is 0 Å². The maximum absolute atomic E-state index is 11.9. The fourth-order valence-corrected chi connectivity index (χ4v) is 2.47. The summed E-state index contributed by atoms with van der Waals surface area (Å²) < 4.78 is 26.0. The largest absolute Gasteiger partial charge is 0.264 e. The van der Waals surface area contributed by atoms with Crippen LogP contribution in [0.2, 0.25) is 5.02 Å². The third kappa shape index (κ3) is 2.42. The first-order valence-corrected chi connectivity index (χ1v) is 6.47. The van der Waals surface area contributed by atoms with Gasteiger partial charge in [0.15, 0.2) is 0 Å². The molecule has 0 aliphatic rings. The average Bonchev–Trinajstić information content (AvgIpc) is 2.81. The molecule has 1 aromatic carbocycles. The highest BCUT2D eigenvalue weighted by Crippen LogP contribution is 2.21. The molecule has 0 atom stereocenters. The van der Waals surface area contributed by atoms with Crippen molar-refractivity contribution in [2.75, 3.05) is 4.72 Å². The molecule has 92 valence electrons. The minimum Gasteiger partial charge on any atom is -0.248 e. The Morgan fingerprint density at radius 3 is 2.78 bits per heavy atom. The van der Waals surface area contributed by atoms with E-state index in [1.807, 2.05) is 6.07 Å². The van der Waals surface area contributed by atoms with E-state index in [-0.39, 0.29) is 21.4 Å².